The molecule has 0 spiro atoms. The highest BCUT2D eigenvalue weighted by Crippen LogP contribution is 2.13. The van der Waals surface area contributed by atoms with Crippen LogP contribution in [0.25, 0.3) is 0 Å². The van der Waals surface area contributed by atoms with Crippen LogP contribution >= 0.6 is 0 Å². The summed E-state index contributed by atoms with van der Waals surface area (Å²) in [7, 11) is 0. The average molecular weight is 258 g/mol. The molecule has 0 bridgehead atoms. The van der Waals surface area contributed by atoms with E-state index in [9.17, 15) is 9.90 Å². The van der Waals surface area contributed by atoms with Crippen molar-refractivity contribution in [3.63, 3.8) is 0 Å². The average Bonchev–Trinajstić information content (AvgIpc) is 2.79. The number of hydrogen-bond donors (Lipinski definition) is 2. The zero-order valence-corrected chi connectivity index (χ0v) is 11.7. The van der Waals surface area contributed by atoms with Crippen molar-refractivity contribution in [2.24, 2.45) is 0 Å². The van der Waals surface area contributed by atoms with Gasteiger partial charge in [0.25, 0.3) is 0 Å². The number of carbonyl (C=O) groups is 1. The minimum Gasteiger partial charge on any atom is -0.480 e. The molecule has 2 unspecified atom stereocenters. The molecule has 1 saturated heterocycles. The van der Waals surface area contributed by atoms with Crippen LogP contribution in [0.15, 0.2) is 0 Å². The number of likely N-dealkylation sites (N-methyl/N-ethyl adjacent to an activating group) is 1. The zero-order chi connectivity index (χ0) is 13.5. The van der Waals surface area contributed by atoms with Crippen LogP contribution < -0.4 is 5.32 Å². The molecule has 0 saturated carbocycles. The molecule has 1 rings (SSSR count). The number of nitrogens with zero attached hydrogens (tertiary/aromatic N) is 1. The lowest BCUT2D eigenvalue weighted by Crippen LogP contribution is -2.49. The Labute approximate surface area is 109 Å². The van der Waals surface area contributed by atoms with Gasteiger partial charge in [0.05, 0.1) is 6.10 Å². The quantitative estimate of drug-likeness (QED) is 0.678. The Morgan fingerprint density at radius 2 is 2.28 bits per heavy atom. The molecular weight excluding hydrogens is 232 g/mol. The second-order valence-corrected chi connectivity index (χ2v) is 5.20. The first kappa shape index (κ1) is 15.4. The maximum absolute atomic E-state index is 11.2. The minimum absolute atomic E-state index is 0.174. The molecule has 0 radical (unpaired) electrons. The SMILES string of the molecule is CCN(CC1CCCO1)CC(NC(C)C)C(=O)O. The molecule has 0 aromatic rings. The van der Waals surface area contributed by atoms with Gasteiger partial charge in [-0.25, -0.2) is 0 Å². The fourth-order valence-corrected chi connectivity index (χ4v) is 2.27. The molecule has 1 aliphatic heterocycles. The number of nitrogens with one attached hydrogen (secondary N) is 1. The number of carboxylic acids is 1. The van der Waals surface area contributed by atoms with Crippen molar-refractivity contribution in [1.82, 2.24) is 10.2 Å². The van der Waals surface area contributed by atoms with Crippen molar-refractivity contribution < 1.29 is 14.6 Å². The fourth-order valence-electron chi connectivity index (χ4n) is 2.27. The first-order chi connectivity index (χ1) is 8.52. The highest BCUT2D eigenvalue weighted by atomic mass is 16.5. The Kier molecular flexibility index (Phi) is 6.60. The van der Waals surface area contributed by atoms with E-state index in [1.54, 1.807) is 0 Å². The number of ether oxygens (including phenoxy) is 1. The lowest BCUT2D eigenvalue weighted by Gasteiger charge is -2.27. The van der Waals surface area contributed by atoms with Crippen LogP contribution in [0.4, 0.5) is 0 Å². The maximum atomic E-state index is 11.2. The summed E-state index contributed by atoms with van der Waals surface area (Å²) >= 11 is 0. The van der Waals surface area contributed by atoms with Gasteiger partial charge < -0.3 is 15.2 Å². The standard InChI is InChI=1S/C13H26N2O3/c1-4-15(8-11-6-5-7-18-11)9-12(13(16)17)14-10(2)3/h10-12,14H,4-9H2,1-3H3,(H,16,17). The smallest absolute Gasteiger partial charge is 0.322 e. The Morgan fingerprint density at radius 1 is 1.56 bits per heavy atom. The first-order valence-electron chi connectivity index (χ1n) is 6.85. The van der Waals surface area contributed by atoms with E-state index in [0.717, 1.165) is 32.5 Å². The van der Waals surface area contributed by atoms with E-state index in [4.69, 9.17) is 4.74 Å². The molecule has 0 aromatic heterocycles. The third kappa shape index (κ3) is 5.33. The molecule has 5 heteroatoms. The maximum Gasteiger partial charge on any atom is 0.322 e. The van der Waals surface area contributed by atoms with Crippen molar-refractivity contribution in [2.45, 2.75) is 51.8 Å². The van der Waals surface area contributed by atoms with E-state index in [0.29, 0.717) is 6.54 Å². The summed E-state index contributed by atoms with van der Waals surface area (Å²) in [5, 5.41) is 12.3. The van der Waals surface area contributed by atoms with E-state index in [-0.39, 0.29) is 12.1 Å². The minimum atomic E-state index is -0.783. The van der Waals surface area contributed by atoms with Crippen molar-refractivity contribution in [3.05, 3.63) is 0 Å². The Bertz CT molecular complexity index is 253. The van der Waals surface area contributed by atoms with Crippen LogP contribution in [0.2, 0.25) is 0 Å². The zero-order valence-electron chi connectivity index (χ0n) is 11.7. The van der Waals surface area contributed by atoms with Gasteiger partial charge >= 0.3 is 5.97 Å². The van der Waals surface area contributed by atoms with E-state index >= 15 is 0 Å². The van der Waals surface area contributed by atoms with Crippen LogP contribution in [0, 0.1) is 0 Å². The molecule has 18 heavy (non-hydrogen) atoms. The van der Waals surface area contributed by atoms with Crippen molar-refractivity contribution in [3.8, 4) is 0 Å². The normalized spacial score (nSPS) is 21.7. The van der Waals surface area contributed by atoms with Gasteiger partial charge in [0, 0.05) is 25.7 Å². The van der Waals surface area contributed by atoms with Gasteiger partial charge in [-0.05, 0) is 19.4 Å². The highest BCUT2D eigenvalue weighted by Gasteiger charge is 2.24. The lowest BCUT2D eigenvalue weighted by atomic mass is 10.2. The topological polar surface area (TPSA) is 61.8 Å². The molecule has 2 atom stereocenters. The summed E-state index contributed by atoms with van der Waals surface area (Å²) in [5.41, 5.74) is 0. The predicted octanol–water partition coefficient (Wildman–Crippen LogP) is 0.939. The summed E-state index contributed by atoms with van der Waals surface area (Å²) in [6, 6.07) is -0.334. The molecule has 5 nitrogen and oxygen atoms in total. The second-order valence-electron chi connectivity index (χ2n) is 5.20. The van der Waals surface area contributed by atoms with Gasteiger partial charge in [0.2, 0.25) is 0 Å². The van der Waals surface area contributed by atoms with E-state index in [1.165, 1.54) is 0 Å². The summed E-state index contributed by atoms with van der Waals surface area (Å²) in [4.78, 5) is 13.4. The van der Waals surface area contributed by atoms with E-state index in [2.05, 4.69) is 17.1 Å². The molecular formula is C13H26N2O3. The van der Waals surface area contributed by atoms with Gasteiger partial charge in [-0.1, -0.05) is 20.8 Å². The Balaban J connectivity index is 2.44. The third-order valence-electron chi connectivity index (χ3n) is 3.21. The molecule has 0 aliphatic carbocycles. The van der Waals surface area contributed by atoms with Gasteiger partial charge in [-0.3, -0.25) is 9.69 Å². The molecule has 2 N–H and O–H groups in total. The molecule has 1 aliphatic rings. The third-order valence-corrected chi connectivity index (χ3v) is 3.21. The number of hydrogen-bond acceptors (Lipinski definition) is 4. The summed E-state index contributed by atoms with van der Waals surface area (Å²) in [5.74, 6) is -0.783. The van der Waals surface area contributed by atoms with Gasteiger partial charge in [0.1, 0.15) is 6.04 Å². The highest BCUT2D eigenvalue weighted by molar-refractivity contribution is 5.73. The first-order valence-corrected chi connectivity index (χ1v) is 6.85. The van der Waals surface area contributed by atoms with Crippen LogP contribution in [0.1, 0.15) is 33.6 Å². The van der Waals surface area contributed by atoms with Crippen molar-refractivity contribution in [1.29, 1.82) is 0 Å². The monoisotopic (exact) mass is 258 g/mol. The molecule has 0 amide bonds. The van der Waals surface area contributed by atoms with Crippen molar-refractivity contribution in [2.75, 3.05) is 26.2 Å². The van der Waals surface area contributed by atoms with E-state index < -0.39 is 12.0 Å². The lowest BCUT2D eigenvalue weighted by molar-refractivity contribution is -0.140. The predicted molar refractivity (Wildman–Crippen MR) is 70.8 cm³/mol. The Hall–Kier alpha value is -0.650. The summed E-state index contributed by atoms with van der Waals surface area (Å²) < 4.78 is 5.60. The van der Waals surface area contributed by atoms with Gasteiger partial charge in [-0.15, -0.1) is 0 Å². The molecule has 106 valence electrons. The second kappa shape index (κ2) is 7.71. The van der Waals surface area contributed by atoms with Crippen LogP contribution in [0.3, 0.4) is 0 Å². The summed E-state index contributed by atoms with van der Waals surface area (Å²) in [6.07, 6.45) is 2.49. The Morgan fingerprint density at radius 3 is 2.72 bits per heavy atom. The van der Waals surface area contributed by atoms with Crippen LogP contribution in [0.5, 0.6) is 0 Å². The van der Waals surface area contributed by atoms with Crippen molar-refractivity contribution >= 4 is 5.97 Å². The molecule has 1 fully saturated rings. The van der Waals surface area contributed by atoms with Crippen LogP contribution in [-0.2, 0) is 9.53 Å². The van der Waals surface area contributed by atoms with Gasteiger partial charge in [0.15, 0.2) is 0 Å². The molecule has 0 aromatic carbocycles. The summed E-state index contributed by atoms with van der Waals surface area (Å²) in [6.45, 7) is 9.05. The number of aliphatic carboxylic acids is 1. The van der Waals surface area contributed by atoms with E-state index in [1.807, 2.05) is 13.8 Å². The van der Waals surface area contributed by atoms with Crippen LogP contribution in [-0.4, -0.2) is 60.4 Å². The number of rotatable bonds is 8. The van der Waals surface area contributed by atoms with Gasteiger partial charge in [-0.2, -0.15) is 0 Å². The molecule has 1 heterocycles. The number of carboxylic acid groups (broad SMARTS) is 1. The largest absolute Gasteiger partial charge is 0.480 e. The fraction of sp³-hybridized carbons (Fsp3) is 0.923.